The third-order valence-corrected chi connectivity index (χ3v) is 0. The van der Waals surface area contributed by atoms with E-state index in [1.54, 1.807) is 0 Å². The van der Waals surface area contributed by atoms with Crippen LogP contribution in [0.25, 0.3) is 0 Å². The molecular formula is H10AlO4. The molecule has 0 heterocycles. The molecular weight excluding hydrogens is 91.0 g/mol. The van der Waals surface area contributed by atoms with Crippen LogP contribution < -0.4 is 0 Å². The van der Waals surface area contributed by atoms with Crippen LogP contribution in [0.5, 0.6) is 0 Å². The monoisotopic (exact) mass is 101 g/mol. The average Bonchev–Trinajstić information content (AvgIpc) is 0. The minimum Gasteiger partial charge on any atom is -0.412 e. The van der Waals surface area contributed by atoms with Crippen molar-refractivity contribution in [2.75, 3.05) is 0 Å². The zero-order valence-corrected chi connectivity index (χ0v) is 5.00. The van der Waals surface area contributed by atoms with Crippen LogP contribution in [-0.4, -0.2) is 39.3 Å². The van der Waals surface area contributed by atoms with E-state index in [9.17, 15) is 0 Å². The molecule has 5 heteroatoms. The summed E-state index contributed by atoms with van der Waals surface area (Å²) in [5.41, 5.74) is 0. The molecule has 0 bridgehead atoms. The summed E-state index contributed by atoms with van der Waals surface area (Å²) in [5.74, 6) is 0. The highest BCUT2D eigenvalue weighted by Gasteiger charge is 0.146. The molecule has 0 aromatic rings. The SMILES string of the molecule is O.O.O.O.[AlH2]. The lowest BCUT2D eigenvalue weighted by atomic mass is 16.0. The molecule has 5 heavy (non-hydrogen) atoms. The van der Waals surface area contributed by atoms with Gasteiger partial charge in [-0.1, -0.05) is 0 Å². The summed E-state index contributed by atoms with van der Waals surface area (Å²) in [4.78, 5) is 0. The molecule has 0 fully saturated rings. The van der Waals surface area contributed by atoms with Crippen LogP contribution in [0.4, 0.5) is 0 Å². The zero-order chi connectivity index (χ0) is 0. The van der Waals surface area contributed by atoms with E-state index in [4.69, 9.17) is 0 Å². The van der Waals surface area contributed by atoms with Gasteiger partial charge in [0.15, 0.2) is 0 Å². The standard InChI is InChI=1S/Al.4H2O.2H/h;4*1H2;;. The molecule has 0 aliphatic heterocycles. The molecule has 0 unspecified atom stereocenters. The fourth-order valence-electron chi connectivity index (χ4n) is 0. The molecule has 0 aromatic carbocycles. The molecule has 0 aliphatic carbocycles. The first-order chi connectivity index (χ1) is 0. The lowest BCUT2D eigenvalue weighted by molar-refractivity contribution is 0.823. The fourth-order valence-corrected chi connectivity index (χ4v) is 0. The Morgan fingerprint density at radius 1 is 0.400 bits per heavy atom. The van der Waals surface area contributed by atoms with E-state index >= 15 is 0 Å². The van der Waals surface area contributed by atoms with Gasteiger partial charge in [0.05, 0.1) is 0 Å². The van der Waals surface area contributed by atoms with Gasteiger partial charge < -0.3 is 21.9 Å². The smallest absolute Gasteiger partial charge is 0.146 e. The average molecular weight is 101 g/mol. The fraction of sp³-hybridized carbons (Fsp3) is 0. The van der Waals surface area contributed by atoms with E-state index in [-0.39, 0.29) is 39.3 Å². The van der Waals surface area contributed by atoms with Gasteiger partial charge in [-0.3, -0.25) is 0 Å². The van der Waals surface area contributed by atoms with Crippen LogP contribution in [0.2, 0.25) is 0 Å². The van der Waals surface area contributed by atoms with Crippen molar-refractivity contribution in [3.8, 4) is 0 Å². The van der Waals surface area contributed by atoms with Gasteiger partial charge in [-0.05, 0) is 0 Å². The van der Waals surface area contributed by atoms with Gasteiger partial charge in [0.25, 0.3) is 0 Å². The lowest BCUT2D eigenvalue weighted by Crippen LogP contribution is -0.381. The summed E-state index contributed by atoms with van der Waals surface area (Å²) in [6.45, 7) is 0. The van der Waals surface area contributed by atoms with Crippen LogP contribution in [-0.2, 0) is 0 Å². The molecule has 0 saturated heterocycles. The highest BCUT2D eigenvalue weighted by molar-refractivity contribution is 5.75. The Kier molecular flexibility index (Phi) is 53100. The second kappa shape index (κ2) is 358. The first-order valence-corrected chi connectivity index (χ1v) is 0. The topological polar surface area (TPSA) is 126 Å². The van der Waals surface area contributed by atoms with Crippen molar-refractivity contribution in [1.29, 1.82) is 0 Å². The Labute approximate surface area is 40.2 Å². The van der Waals surface area contributed by atoms with Crippen LogP contribution in [0.1, 0.15) is 0 Å². The van der Waals surface area contributed by atoms with Crippen molar-refractivity contribution >= 4 is 17.4 Å². The highest BCUT2D eigenvalue weighted by Crippen LogP contribution is -0.286. The predicted molar refractivity (Wildman–Crippen MR) is 23.0 cm³/mol. The normalized spacial score (nSPS) is 0. The summed E-state index contributed by atoms with van der Waals surface area (Å²) in [6.07, 6.45) is 0. The largest absolute Gasteiger partial charge is 0.412 e. The van der Waals surface area contributed by atoms with E-state index in [2.05, 4.69) is 0 Å². The van der Waals surface area contributed by atoms with Crippen molar-refractivity contribution in [3.05, 3.63) is 0 Å². The molecule has 0 rings (SSSR count). The maximum absolute atomic E-state index is 0. The van der Waals surface area contributed by atoms with E-state index in [0.717, 1.165) is 0 Å². The van der Waals surface area contributed by atoms with E-state index in [1.165, 1.54) is 0 Å². The van der Waals surface area contributed by atoms with Gasteiger partial charge in [0, 0.05) is 0 Å². The van der Waals surface area contributed by atoms with Crippen molar-refractivity contribution in [1.82, 2.24) is 0 Å². The third kappa shape index (κ3) is 177. The van der Waals surface area contributed by atoms with Gasteiger partial charge >= 0.3 is 0 Å². The molecule has 4 nitrogen and oxygen atoms in total. The molecule has 0 aliphatic rings. The Balaban J connectivity index is 0. The molecule has 0 saturated carbocycles. The van der Waals surface area contributed by atoms with Crippen LogP contribution in [0.15, 0.2) is 0 Å². The Morgan fingerprint density at radius 2 is 0.400 bits per heavy atom. The van der Waals surface area contributed by atoms with Gasteiger partial charge in [-0.25, -0.2) is 0 Å². The van der Waals surface area contributed by atoms with E-state index in [0.29, 0.717) is 0 Å². The summed E-state index contributed by atoms with van der Waals surface area (Å²) < 4.78 is 0. The Bertz CT molecular complexity index is 3.61. The molecule has 0 spiro atoms. The van der Waals surface area contributed by atoms with E-state index in [1.807, 2.05) is 0 Å². The molecule has 37 valence electrons. The van der Waals surface area contributed by atoms with E-state index < -0.39 is 0 Å². The molecule has 0 amide bonds. The third-order valence-electron chi connectivity index (χ3n) is 0. The first-order valence-electron chi connectivity index (χ1n) is 0. The van der Waals surface area contributed by atoms with Gasteiger partial charge in [0.1, 0.15) is 17.4 Å². The summed E-state index contributed by atoms with van der Waals surface area (Å²) in [5, 5.41) is 0. The highest BCUT2D eigenvalue weighted by atomic mass is 27.0. The summed E-state index contributed by atoms with van der Waals surface area (Å²) in [6, 6.07) is 0. The lowest BCUT2D eigenvalue weighted by Gasteiger charge is -0.413. The van der Waals surface area contributed by atoms with Crippen molar-refractivity contribution in [3.63, 3.8) is 0 Å². The minimum atomic E-state index is 0. The van der Waals surface area contributed by atoms with Crippen LogP contribution in [0, 0.1) is 0 Å². The van der Waals surface area contributed by atoms with Crippen molar-refractivity contribution in [2.24, 2.45) is 0 Å². The van der Waals surface area contributed by atoms with Crippen LogP contribution >= 0.6 is 0 Å². The summed E-state index contributed by atoms with van der Waals surface area (Å²) in [7, 11) is 0. The molecule has 0 aromatic heterocycles. The maximum atomic E-state index is 0. The van der Waals surface area contributed by atoms with Crippen molar-refractivity contribution < 1.29 is 21.9 Å². The molecule has 1 radical (unpaired) electrons. The second-order valence-electron chi connectivity index (χ2n) is 0. The van der Waals surface area contributed by atoms with Gasteiger partial charge in [-0.2, -0.15) is 0 Å². The number of hydrogen-bond acceptors (Lipinski definition) is 0. The van der Waals surface area contributed by atoms with Crippen LogP contribution in [0.3, 0.4) is 0 Å². The maximum Gasteiger partial charge on any atom is 0.146 e. The minimum absolute atomic E-state index is 0. The number of rotatable bonds is 0. The Morgan fingerprint density at radius 3 is 0.400 bits per heavy atom. The number of hydrogen-bond donors (Lipinski definition) is 0. The molecule has 8 N–H and O–H groups in total. The summed E-state index contributed by atoms with van der Waals surface area (Å²) >= 11 is 0. The quantitative estimate of drug-likeness (QED) is 0.274. The van der Waals surface area contributed by atoms with Gasteiger partial charge in [-0.15, -0.1) is 0 Å². The molecule has 0 atom stereocenters. The van der Waals surface area contributed by atoms with Crippen molar-refractivity contribution in [2.45, 2.75) is 0 Å². The second-order valence-corrected chi connectivity index (χ2v) is 0. The zero-order valence-electron chi connectivity index (χ0n) is 3.00. The predicted octanol–water partition coefficient (Wildman–Crippen LogP) is -4.21. The first kappa shape index (κ1) is 740. The van der Waals surface area contributed by atoms with Gasteiger partial charge in [0.2, 0.25) is 0 Å². The Hall–Kier alpha value is 0.372.